The zero-order chi connectivity index (χ0) is 2.99. The quantitative estimate of drug-likeness (QED) is 0.346. The van der Waals surface area contributed by atoms with Crippen LogP contribution >= 0.6 is 0 Å². The van der Waals surface area contributed by atoms with Crippen molar-refractivity contribution in [3.63, 3.8) is 0 Å². The SMILES string of the molecule is N[C@@H]1CN1. The highest BCUT2D eigenvalue weighted by Crippen LogP contribution is 1.79. The van der Waals surface area contributed by atoms with Gasteiger partial charge in [0.1, 0.15) is 0 Å². The molecule has 1 fully saturated rings. The number of nitrogens with one attached hydrogen (secondary N) is 1. The zero-order valence-corrected chi connectivity index (χ0v) is 2.36. The number of nitrogens with two attached hydrogens (primary N) is 1. The molecule has 4 heavy (non-hydrogen) atoms. The van der Waals surface area contributed by atoms with Crippen molar-refractivity contribution in [1.82, 2.24) is 5.32 Å². The van der Waals surface area contributed by atoms with Crippen LogP contribution in [0.5, 0.6) is 0 Å². The Morgan fingerprint density at radius 3 is 2.25 bits per heavy atom. The third-order valence-electron chi connectivity index (χ3n) is 0.440. The third kappa shape index (κ3) is 0.191. The summed E-state index contributed by atoms with van der Waals surface area (Å²) in [6, 6.07) is 0. The molecular weight excluding hydrogens is 52.0 g/mol. The second-order valence-corrected chi connectivity index (χ2v) is 1.01. The maximum absolute atomic E-state index is 5.11. The smallest absolute Gasteiger partial charge is 0.0676 e. The standard InChI is InChI=1S/C2H6N2/c3-2-1-4-2/h2,4H,1,3H2/t2-/m0/s1. The Balaban J connectivity index is 2.17. The van der Waals surface area contributed by atoms with Gasteiger partial charge in [0.05, 0.1) is 6.17 Å². The van der Waals surface area contributed by atoms with Crippen molar-refractivity contribution in [2.75, 3.05) is 6.54 Å². The molecule has 24 valence electrons. The van der Waals surface area contributed by atoms with Crippen molar-refractivity contribution >= 4 is 0 Å². The Morgan fingerprint density at radius 2 is 2.25 bits per heavy atom. The summed E-state index contributed by atoms with van der Waals surface area (Å²) in [6.45, 7) is 1.01. The normalized spacial score (nSPS) is 39.8. The van der Waals surface area contributed by atoms with Gasteiger partial charge in [0.15, 0.2) is 0 Å². The van der Waals surface area contributed by atoms with Crippen molar-refractivity contribution in [2.45, 2.75) is 6.17 Å². The molecule has 1 saturated heterocycles. The van der Waals surface area contributed by atoms with Gasteiger partial charge in [-0.3, -0.25) is 5.32 Å². The average Bonchev–Trinajstić information content (AvgIpc) is 1.75. The Bertz CT molecular complexity index is 23.2. The first-order chi connectivity index (χ1) is 1.89. The molecule has 0 radical (unpaired) electrons. The summed E-state index contributed by atoms with van der Waals surface area (Å²) in [5.41, 5.74) is 5.11. The van der Waals surface area contributed by atoms with Gasteiger partial charge in [-0.15, -0.1) is 0 Å². The highest BCUT2D eigenvalue weighted by molar-refractivity contribution is 4.74. The lowest BCUT2D eigenvalue weighted by atomic mass is 10.8. The molecule has 0 bridgehead atoms. The Morgan fingerprint density at radius 1 is 2.00 bits per heavy atom. The van der Waals surface area contributed by atoms with E-state index in [0.717, 1.165) is 6.54 Å². The second-order valence-electron chi connectivity index (χ2n) is 1.01. The highest BCUT2D eigenvalue weighted by atomic mass is 15.2. The van der Waals surface area contributed by atoms with Crippen LogP contribution in [0.1, 0.15) is 0 Å². The van der Waals surface area contributed by atoms with E-state index < -0.39 is 0 Å². The van der Waals surface area contributed by atoms with E-state index in [0.29, 0.717) is 6.17 Å². The molecule has 1 heterocycles. The first-order valence-electron chi connectivity index (χ1n) is 1.38. The van der Waals surface area contributed by atoms with Gasteiger partial charge in [0.25, 0.3) is 0 Å². The summed E-state index contributed by atoms with van der Waals surface area (Å²) in [7, 11) is 0. The van der Waals surface area contributed by atoms with Gasteiger partial charge in [0.2, 0.25) is 0 Å². The highest BCUT2D eigenvalue weighted by Gasteiger charge is 2.10. The van der Waals surface area contributed by atoms with Crippen molar-refractivity contribution in [2.24, 2.45) is 5.73 Å². The molecule has 0 spiro atoms. The minimum atomic E-state index is 0.333. The molecule has 1 rings (SSSR count). The Labute approximate surface area is 25.0 Å². The molecule has 0 aromatic carbocycles. The van der Waals surface area contributed by atoms with Crippen molar-refractivity contribution in [3.8, 4) is 0 Å². The summed E-state index contributed by atoms with van der Waals surface area (Å²) < 4.78 is 0. The van der Waals surface area contributed by atoms with E-state index >= 15 is 0 Å². The topological polar surface area (TPSA) is 48.0 Å². The summed E-state index contributed by atoms with van der Waals surface area (Å²) in [5.74, 6) is 0. The third-order valence-corrected chi connectivity index (χ3v) is 0.440. The summed E-state index contributed by atoms with van der Waals surface area (Å²) >= 11 is 0. The Hall–Kier alpha value is -0.0800. The van der Waals surface area contributed by atoms with Gasteiger partial charge in [0, 0.05) is 6.54 Å². The summed E-state index contributed by atoms with van der Waals surface area (Å²) in [5, 5.41) is 2.88. The predicted molar refractivity (Wildman–Crippen MR) is 16.0 cm³/mol. The van der Waals surface area contributed by atoms with E-state index in [2.05, 4.69) is 5.32 Å². The minimum absolute atomic E-state index is 0.333. The molecule has 3 N–H and O–H groups in total. The molecular formula is C2H6N2. The lowest BCUT2D eigenvalue weighted by molar-refractivity contribution is 1.03. The first kappa shape index (κ1) is 2.18. The minimum Gasteiger partial charge on any atom is -0.315 e. The monoisotopic (exact) mass is 58.1 g/mol. The summed E-state index contributed by atoms with van der Waals surface area (Å²) in [6.07, 6.45) is 0.333. The molecule has 1 aliphatic rings. The van der Waals surface area contributed by atoms with Gasteiger partial charge in [-0.2, -0.15) is 0 Å². The van der Waals surface area contributed by atoms with Gasteiger partial charge in [-0.1, -0.05) is 0 Å². The van der Waals surface area contributed by atoms with Crippen LogP contribution in [0.4, 0.5) is 0 Å². The zero-order valence-electron chi connectivity index (χ0n) is 2.36. The number of rotatable bonds is 0. The van der Waals surface area contributed by atoms with Gasteiger partial charge >= 0.3 is 0 Å². The van der Waals surface area contributed by atoms with Crippen molar-refractivity contribution in [1.29, 1.82) is 0 Å². The molecule has 0 aliphatic carbocycles. The van der Waals surface area contributed by atoms with Crippen LogP contribution in [0.3, 0.4) is 0 Å². The van der Waals surface area contributed by atoms with Gasteiger partial charge < -0.3 is 5.73 Å². The van der Waals surface area contributed by atoms with Crippen LogP contribution in [0.15, 0.2) is 0 Å². The van der Waals surface area contributed by atoms with Crippen LogP contribution in [0, 0.1) is 0 Å². The van der Waals surface area contributed by atoms with E-state index in [1.807, 2.05) is 0 Å². The maximum atomic E-state index is 5.11. The summed E-state index contributed by atoms with van der Waals surface area (Å²) in [4.78, 5) is 0. The lowest BCUT2D eigenvalue weighted by Gasteiger charge is -1.57. The molecule has 0 amide bonds. The Kier molecular flexibility index (Phi) is 0.242. The molecule has 0 aromatic rings. The first-order valence-corrected chi connectivity index (χ1v) is 1.38. The molecule has 0 aromatic heterocycles. The van der Waals surface area contributed by atoms with E-state index in [-0.39, 0.29) is 0 Å². The van der Waals surface area contributed by atoms with Gasteiger partial charge in [-0.25, -0.2) is 0 Å². The fourth-order valence-corrected chi connectivity index (χ4v) is 0.0680. The second kappa shape index (κ2) is 0.445. The lowest BCUT2D eigenvalue weighted by Crippen LogP contribution is -2.02. The van der Waals surface area contributed by atoms with Crippen LogP contribution in [-0.2, 0) is 0 Å². The largest absolute Gasteiger partial charge is 0.315 e. The molecule has 1 aliphatic heterocycles. The van der Waals surface area contributed by atoms with E-state index in [4.69, 9.17) is 5.73 Å². The molecule has 2 heteroatoms. The molecule has 0 unspecified atom stereocenters. The van der Waals surface area contributed by atoms with Crippen LogP contribution in [0.2, 0.25) is 0 Å². The van der Waals surface area contributed by atoms with E-state index in [1.54, 1.807) is 0 Å². The number of hydrogen-bond acceptors (Lipinski definition) is 2. The van der Waals surface area contributed by atoms with E-state index in [9.17, 15) is 0 Å². The number of hydrogen-bond donors (Lipinski definition) is 2. The van der Waals surface area contributed by atoms with Crippen LogP contribution in [0.25, 0.3) is 0 Å². The average molecular weight is 58.1 g/mol. The van der Waals surface area contributed by atoms with E-state index in [1.165, 1.54) is 0 Å². The van der Waals surface area contributed by atoms with Crippen molar-refractivity contribution in [3.05, 3.63) is 0 Å². The van der Waals surface area contributed by atoms with Gasteiger partial charge in [-0.05, 0) is 0 Å². The van der Waals surface area contributed by atoms with Crippen LogP contribution < -0.4 is 11.1 Å². The van der Waals surface area contributed by atoms with Crippen molar-refractivity contribution < 1.29 is 0 Å². The maximum Gasteiger partial charge on any atom is 0.0676 e. The molecule has 2 nitrogen and oxygen atoms in total. The molecule has 1 atom stereocenters. The fourth-order valence-electron chi connectivity index (χ4n) is 0.0680. The molecule has 0 saturated carbocycles. The van der Waals surface area contributed by atoms with Crippen LogP contribution in [-0.4, -0.2) is 12.7 Å². The predicted octanol–water partition coefficient (Wildman–Crippen LogP) is -1.13. The fraction of sp³-hybridized carbons (Fsp3) is 1.00.